The molecular formula is C13H16BrN3O3S. The molecule has 1 aromatic heterocycles. The van der Waals surface area contributed by atoms with Crippen LogP contribution in [0.5, 0.6) is 5.75 Å². The number of hydrogen-bond acceptors (Lipinski definition) is 4. The van der Waals surface area contributed by atoms with E-state index in [-0.39, 0.29) is 16.7 Å². The molecule has 1 heterocycles. The minimum atomic E-state index is -3.75. The maximum Gasteiger partial charge on any atom is 0.265 e. The summed E-state index contributed by atoms with van der Waals surface area (Å²) in [6.45, 7) is 3.92. The van der Waals surface area contributed by atoms with Gasteiger partial charge in [0.2, 0.25) is 0 Å². The fraction of sp³-hybridized carbons (Fsp3) is 0.308. The highest BCUT2D eigenvalue weighted by molar-refractivity contribution is 9.10. The molecule has 8 heteroatoms. The lowest BCUT2D eigenvalue weighted by Crippen LogP contribution is -2.13. The van der Waals surface area contributed by atoms with Gasteiger partial charge in [-0.2, -0.15) is 5.10 Å². The third-order valence-electron chi connectivity index (χ3n) is 2.80. The van der Waals surface area contributed by atoms with Gasteiger partial charge >= 0.3 is 0 Å². The second-order valence-electron chi connectivity index (χ2n) is 4.70. The standard InChI is InChI=1S/C13H16BrN3O3S/c1-9(2)17-8-11(7-15-17)16-21(18,19)13-6-10(14)4-5-12(13)20-3/h4-9,16H,1-3H3. The molecule has 0 fully saturated rings. The number of anilines is 1. The van der Waals surface area contributed by atoms with E-state index in [0.29, 0.717) is 10.2 Å². The molecule has 0 aliphatic heterocycles. The fourth-order valence-corrected chi connectivity index (χ4v) is 3.48. The number of hydrogen-bond donors (Lipinski definition) is 1. The maximum atomic E-state index is 12.5. The Morgan fingerprint density at radius 2 is 2.10 bits per heavy atom. The van der Waals surface area contributed by atoms with Gasteiger partial charge in [0, 0.05) is 16.7 Å². The smallest absolute Gasteiger partial charge is 0.265 e. The molecule has 0 aliphatic rings. The Labute approximate surface area is 132 Å². The average molecular weight is 374 g/mol. The van der Waals surface area contributed by atoms with Gasteiger partial charge in [-0.3, -0.25) is 9.40 Å². The van der Waals surface area contributed by atoms with Crippen molar-refractivity contribution in [3.8, 4) is 5.75 Å². The molecule has 1 aromatic carbocycles. The van der Waals surface area contributed by atoms with E-state index >= 15 is 0 Å². The molecule has 21 heavy (non-hydrogen) atoms. The van der Waals surface area contributed by atoms with E-state index in [4.69, 9.17) is 4.74 Å². The number of methoxy groups -OCH3 is 1. The van der Waals surface area contributed by atoms with Crippen molar-refractivity contribution in [3.05, 3.63) is 35.1 Å². The van der Waals surface area contributed by atoms with Crippen LogP contribution in [-0.4, -0.2) is 25.3 Å². The highest BCUT2D eigenvalue weighted by Gasteiger charge is 2.20. The first kappa shape index (κ1) is 15.8. The number of rotatable bonds is 5. The van der Waals surface area contributed by atoms with Crippen LogP contribution in [0.25, 0.3) is 0 Å². The van der Waals surface area contributed by atoms with Crippen molar-refractivity contribution in [3.63, 3.8) is 0 Å². The summed E-state index contributed by atoms with van der Waals surface area (Å²) in [5.74, 6) is 0.280. The van der Waals surface area contributed by atoms with Crippen molar-refractivity contribution < 1.29 is 13.2 Å². The van der Waals surface area contributed by atoms with Gasteiger partial charge in [-0.25, -0.2) is 8.42 Å². The van der Waals surface area contributed by atoms with Crippen molar-refractivity contribution in [1.82, 2.24) is 9.78 Å². The summed E-state index contributed by atoms with van der Waals surface area (Å²) in [6.07, 6.45) is 3.12. The molecule has 0 saturated carbocycles. The molecule has 0 saturated heterocycles. The molecule has 0 amide bonds. The van der Waals surface area contributed by atoms with E-state index in [0.717, 1.165) is 0 Å². The van der Waals surface area contributed by atoms with Crippen LogP contribution in [0.2, 0.25) is 0 Å². The van der Waals surface area contributed by atoms with Gasteiger partial charge in [0.25, 0.3) is 10.0 Å². The van der Waals surface area contributed by atoms with E-state index in [9.17, 15) is 8.42 Å². The van der Waals surface area contributed by atoms with Crippen molar-refractivity contribution >= 4 is 31.6 Å². The quantitative estimate of drug-likeness (QED) is 0.873. The monoisotopic (exact) mass is 373 g/mol. The molecular weight excluding hydrogens is 358 g/mol. The Bertz CT molecular complexity index is 741. The average Bonchev–Trinajstić information content (AvgIpc) is 2.86. The zero-order chi connectivity index (χ0) is 15.6. The Morgan fingerprint density at radius 3 is 2.67 bits per heavy atom. The minimum Gasteiger partial charge on any atom is -0.495 e. The molecule has 2 aromatic rings. The number of ether oxygens (including phenoxy) is 1. The molecule has 6 nitrogen and oxygen atoms in total. The third-order valence-corrected chi connectivity index (χ3v) is 4.69. The number of halogens is 1. The molecule has 0 radical (unpaired) electrons. The van der Waals surface area contributed by atoms with Crippen molar-refractivity contribution in [2.24, 2.45) is 0 Å². The topological polar surface area (TPSA) is 73.2 Å². The van der Waals surface area contributed by atoms with E-state index in [2.05, 4.69) is 25.8 Å². The minimum absolute atomic E-state index is 0.0664. The summed E-state index contributed by atoms with van der Waals surface area (Å²) in [4.78, 5) is 0.0664. The van der Waals surface area contributed by atoms with E-state index < -0.39 is 10.0 Å². The normalized spacial score (nSPS) is 11.7. The van der Waals surface area contributed by atoms with Gasteiger partial charge in [0.05, 0.1) is 19.0 Å². The van der Waals surface area contributed by atoms with E-state index in [1.54, 1.807) is 23.0 Å². The summed E-state index contributed by atoms with van der Waals surface area (Å²) in [7, 11) is -2.32. The largest absolute Gasteiger partial charge is 0.495 e. The predicted molar refractivity (Wildman–Crippen MR) is 84.1 cm³/mol. The predicted octanol–water partition coefficient (Wildman–Crippen LogP) is 3.04. The number of sulfonamides is 1. The van der Waals surface area contributed by atoms with Crippen LogP contribution in [0.3, 0.4) is 0 Å². The lowest BCUT2D eigenvalue weighted by Gasteiger charge is -2.11. The first-order valence-corrected chi connectivity index (χ1v) is 8.51. The van der Waals surface area contributed by atoms with Gasteiger partial charge in [-0.1, -0.05) is 15.9 Å². The van der Waals surface area contributed by atoms with Crippen molar-refractivity contribution in [2.75, 3.05) is 11.8 Å². The first-order chi connectivity index (χ1) is 9.83. The summed E-state index contributed by atoms with van der Waals surface area (Å²) < 4.78 is 34.9. The number of nitrogens with one attached hydrogen (secondary N) is 1. The van der Waals surface area contributed by atoms with Crippen LogP contribution in [0, 0.1) is 0 Å². The SMILES string of the molecule is COc1ccc(Br)cc1S(=O)(=O)Nc1cnn(C(C)C)c1. The van der Waals surface area contributed by atoms with Crippen LogP contribution in [0.15, 0.2) is 40.0 Å². The van der Waals surface area contributed by atoms with Crippen LogP contribution in [-0.2, 0) is 10.0 Å². The third kappa shape index (κ3) is 3.56. The summed E-state index contributed by atoms with van der Waals surface area (Å²) in [5.41, 5.74) is 0.408. The molecule has 0 atom stereocenters. The van der Waals surface area contributed by atoms with Crippen molar-refractivity contribution in [1.29, 1.82) is 0 Å². The lowest BCUT2D eigenvalue weighted by atomic mass is 10.3. The van der Waals surface area contributed by atoms with E-state index in [1.165, 1.54) is 19.4 Å². The molecule has 2 rings (SSSR count). The second kappa shape index (κ2) is 6.07. The lowest BCUT2D eigenvalue weighted by molar-refractivity contribution is 0.403. The van der Waals surface area contributed by atoms with Gasteiger partial charge in [-0.15, -0.1) is 0 Å². The Kier molecular flexibility index (Phi) is 4.58. The molecule has 0 bridgehead atoms. The summed E-state index contributed by atoms with van der Waals surface area (Å²) in [5, 5.41) is 4.10. The molecule has 114 valence electrons. The molecule has 0 unspecified atom stereocenters. The highest BCUT2D eigenvalue weighted by Crippen LogP contribution is 2.28. The van der Waals surface area contributed by atoms with Crippen LogP contribution < -0.4 is 9.46 Å². The first-order valence-electron chi connectivity index (χ1n) is 6.24. The zero-order valence-corrected chi connectivity index (χ0v) is 14.3. The highest BCUT2D eigenvalue weighted by atomic mass is 79.9. The van der Waals surface area contributed by atoms with Crippen molar-refractivity contribution in [2.45, 2.75) is 24.8 Å². The Morgan fingerprint density at radius 1 is 1.38 bits per heavy atom. The maximum absolute atomic E-state index is 12.5. The second-order valence-corrected chi connectivity index (χ2v) is 7.27. The Balaban J connectivity index is 2.35. The van der Waals surface area contributed by atoms with Gasteiger partial charge in [-0.05, 0) is 32.0 Å². The summed E-state index contributed by atoms with van der Waals surface area (Å²) >= 11 is 3.26. The zero-order valence-electron chi connectivity index (χ0n) is 11.9. The van der Waals surface area contributed by atoms with Crippen LogP contribution >= 0.6 is 15.9 Å². The number of benzene rings is 1. The van der Waals surface area contributed by atoms with Crippen LogP contribution in [0.4, 0.5) is 5.69 Å². The number of nitrogens with zero attached hydrogens (tertiary/aromatic N) is 2. The van der Waals surface area contributed by atoms with Crippen LogP contribution in [0.1, 0.15) is 19.9 Å². The molecule has 1 N–H and O–H groups in total. The fourth-order valence-electron chi connectivity index (χ4n) is 1.74. The summed E-state index contributed by atoms with van der Waals surface area (Å²) in [6, 6.07) is 4.96. The molecule has 0 aliphatic carbocycles. The van der Waals surface area contributed by atoms with Gasteiger partial charge < -0.3 is 4.74 Å². The van der Waals surface area contributed by atoms with Gasteiger partial charge in [0.1, 0.15) is 10.6 Å². The van der Waals surface area contributed by atoms with Gasteiger partial charge in [0.15, 0.2) is 0 Å². The number of aromatic nitrogens is 2. The van der Waals surface area contributed by atoms with E-state index in [1.807, 2.05) is 13.8 Å². The molecule has 0 spiro atoms. The Hall–Kier alpha value is -1.54.